The van der Waals surface area contributed by atoms with E-state index in [4.69, 9.17) is 4.98 Å². The number of aryl methyl sites for hydroxylation is 2. The molecule has 18 heavy (non-hydrogen) atoms. The Kier molecular flexibility index (Phi) is 4.79. The molecule has 0 saturated heterocycles. The van der Waals surface area contributed by atoms with Crippen LogP contribution in [0.25, 0.3) is 0 Å². The summed E-state index contributed by atoms with van der Waals surface area (Å²) < 4.78 is 0. The number of hydrogen-bond donors (Lipinski definition) is 1. The molecule has 0 amide bonds. The predicted octanol–water partition coefficient (Wildman–Crippen LogP) is 4.24. The Morgan fingerprint density at radius 2 is 2.11 bits per heavy atom. The van der Waals surface area contributed by atoms with Gasteiger partial charge in [-0.1, -0.05) is 27.2 Å². The minimum atomic E-state index is 0.474. The molecule has 1 aromatic rings. The first-order chi connectivity index (χ1) is 8.65. The Morgan fingerprint density at radius 1 is 1.39 bits per heavy atom. The molecule has 1 fully saturated rings. The first kappa shape index (κ1) is 14.0. The summed E-state index contributed by atoms with van der Waals surface area (Å²) in [7, 11) is 0. The minimum Gasteiger partial charge on any atom is -0.305 e. The Balaban J connectivity index is 2.14. The molecule has 1 aromatic heterocycles. The molecule has 102 valence electrons. The molecule has 0 aromatic carbocycles. The van der Waals surface area contributed by atoms with Crippen molar-refractivity contribution < 1.29 is 0 Å². The van der Waals surface area contributed by atoms with Gasteiger partial charge in [-0.05, 0) is 38.5 Å². The van der Waals surface area contributed by atoms with Crippen LogP contribution in [0.5, 0.6) is 0 Å². The van der Waals surface area contributed by atoms with Crippen LogP contribution in [0.2, 0.25) is 0 Å². The first-order valence-corrected chi connectivity index (χ1v) is 8.19. The van der Waals surface area contributed by atoms with Crippen molar-refractivity contribution in [2.45, 2.75) is 71.9 Å². The lowest BCUT2D eigenvalue weighted by atomic mass is 9.97. The Morgan fingerprint density at radius 3 is 2.61 bits per heavy atom. The van der Waals surface area contributed by atoms with Crippen molar-refractivity contribution in [3.05, 3.63) is 15.6 Å². The van der Waals surface area contributed by atoms with Gasteiger partial charge in [0.25, 0.3) is 0 Å². The highest BCUT2D eigenvalue weighted by atomic mass is 32.1. The van der Waals surface area contributed by atoms with E-state index in [9.17, 15) is 0 Å². The average molecular weight is 266 g/mol. The summed E-state index contributed by atoms with van der Waals surface area (Å²) in [5, 5.41) is 5.12. The third-order valence-corrected chi connectivity index (χ3v) is 4.91. The van der Waals surface area contributed by atoms with Gasteiger partial charge in [0.15, 0.2) is 0 Å². The Bertz CT molecular complexity index is 382. The minimum absolute atomic E-state index is 0.474. The molecule has 1 saturated carbocycles. The van der Waals surface area contributed by atoms with E-state index in [1.807, 2.05) is 11.3 Å². The van der Waals surface area contributed by atoms with Crippen LogP contribution in [0.4, 0.5) is 0 Å². The second-order valence-corrected chi connectivity index (χ2v) is 6.83. The fraction of sp³-hybridized carbons (Fsp3) is 0.800. The van der Waals surface area contributed by atoms with Crippen LogP contribution in [0.3, 0.4) is 0 Å². The molecule has 1 N–H and O–H groups in total. The fourth-order valence-corrected chi connectivity index (χ4v) is 3.72. The molecule has 1 aliphatic carbocycles. The molecule has 2 unspecified atom stereocenters. The van der Waals surface area contributed by atoms with E-state index in [1.54, 1.807) is 0 Å². The lowest BCUT2D eigenvalue weighted by molar-refractivity contribution is 0.359. The van der Waals surface area contributed by atoms with E-state index in [2.05, 4.69) is 33.0 Å². The molecule has 2 rings (SSSR count). The van der Waals surface area contributed by atoms with E-state index < -0.39 is 0 Å². The summed E-state index contributed by atoms with van der Waals surface area (Å²) >= 11 is 1.90. The molecular formula is C15H26N2S. The molecule has 1 heterocycles. The lowest BCUT2D eigenvalue weighted by Crippen LogP contribution is -2.28. The van der Waals surface area contributed by atoms with Crippen molar-refractivity contribution >= 4 is 11.3 Å². The van der Waals surface area contributed by atoms with Gasteiger partial charge in [0, 0.05) is 10.9 Å². The van der Waals surface area contributed by atoms with E-state index in [-0.39, 0.29) is 0 Å². The van der Waals surface area contributed by atoms with Crippen LogP contribution in [0, 0.1) is 12.8 Å². The third kappa shape index (κ3) is 3.33. The molecule has 1 aliphatic rings. The summed E-state index contributed by atoms with van der Waals surface area (Å²) in [4.78, 5) is 6.27. The monoisotopic (exact) mass is 266 g/mol. The van der Waals surface area contributed by atoms with Crippen LogP contribution in [0.15, 0.2) is 0 Å². The lowest BCUT2D eigenvalue weighted by Gasteiger charge is -2.23. The van der Waals surface area contributed by atoms with Gasteiger partial charge in [-0.25, -0.2) is 4.98 Å². The zero-order valence-electron chi connectivity index (χ0n) is 12.1. The summed E-state index contributed by atoms with van der Waals surface area (Å²) in [5.41, 5.74) is 1.29. The third-order valence-electron chi connectivity index (χ3n) is 3.82. The van der Waals surface area contributed by atoms with Crippen molar-refractivity contribution in [1.82, 2.24) is 10.3 Å². The quantitative estimate of drug-likeness (QED) is 0.798. The van der Waals surface area contributed by atoms with Gasteiger partial charge in [-0.15, -0.1) is 11.3 Å². The fourth-order valence-electron chi connectivity index (χ4n) is 2.52. The molecule has 0 spiro atoms. The summed E-state index contributed by atoms with van der Waals surface area (Å²) in [6, 6.07) is 1.23. The zero-order chi connectivity index (χ0) is 13.1. The van der Waals surface area contributed by atoms with Crippen molar-refractivity contribution in [2.24, 2.45) is 5.92 Å². The van der Waals surface area contributed by atoms with Crippen LogP contribution in [-0.4, -0.2) is 11.0 Å². The van der Waals surface area contributed by atoms with Gasteiger partial charge in [0.1, 0.15) is 5.01 Å². The first-order valence-electron chi connectivity index (χ1n) is 7.37. The highest BCUT2D eigenvalue weighted by molar-refractivity contribution is 7.11. The van der Waals surface area contributed by atoms with Crippen molar-refractivity contribution in [1.29, 1.82) is 0 Å². The van der Waals surface area contributed by atoms with Gasteiger partial charge in [0.05, 0.1) is 11.7 Å². The number of aromatic nitrogens is 1. The maximum Gasteiger partial charge on any atom is 0.110 e. The van der Waals surface area contributed by atoms with Gasteiger partial charge in [-0.2, -0.15) is 0 Å². The number of nitrogens with one attached hydrogen (secondary N) is 1. The molecule has 3 heteroatoms. The van der Waals surface area contributed by atoms with Crippen LogP contribution in [-0.2, 0) is 6.42 Å². The van der Waals surface area contributed by atoms with Crippen molar-refractivity contribution in [3.8, 4) is 0 Å². The largest absolute Gasteiger partial charge is 0.305 e. The van der Waals surface area contributed by atoms with Crippen LogP contribution >= 0.6 is 11.3 Å². The number of hydrogen-bond acceptors (Lipinski definition) is 3. The van der Waals surface area contributed by atoms with Crippen molar-refractivity contribution in [2.75, 3.05) is 0 Å². The summed E-state index contributed by atoms with van der Waals surface area (Å²) in [5.74, 6) is 0.686. The molecule has 0 radical (unpaired) electrons. The molecule has 2 atom stereocenters. The van der Waals surface area contributed by atoms with E-state index in [1.165, 1.54) is 41.3 Å². The Labute approximate surface area is 115 Å². The zero-order valence-corrected chi connectivity index (χ0v) is 12.9. The second-order valence-electron chi connectivity index (χ2n) is 5.59. The highest BCUT2D eigenvalue weighted by Gasteiger charge is 2.30. The van der Waals surface area contributed by atoms with E-state index >= 15 is 0 Å². The SMILES string of the molecule is CCCC(C)C(NC1CC1)c1nc(CC)c(C)s1. The predicted molar refractivity (Wildman–Crippen MR) is 79.2 cm³/mol. The van der Waals surface area contributed by atoms with Gasteiger partial charge in [0.2, 0.25) is 0 Å². The van der Waals surface area contributed by atoms with Crippen LogP contribution in [0.1, 0.15) is 68.1 Å². The Hall–Kier alpha value is -0.410. The maximum atomic E-state index is 4.87. The second kappa shape index (κ2) is 6.16. The average Bonchev–Trinajstić information content (AvgIpc) is 3.09. The van der Waals surface area contributed by atoms with Gasteiger partial charge < -0.3 is 5.32 Å². The van der Waals surface area contributed by atoms with Crippen molar-refractivity contribution in [3.63, 3.8) is 0 Å². The standard InChI is InChI=1S/C15H26N2S/c1-5-7-10(3)14(16-12-8-9-12)15-17-13(6-2)11(4)18-15/h10,12,14,16H,5-9H2,1-4H3. The highest BCUT2D eigenvalue weighted by Crippen LogP contribution is 2.34. The van der Waals surface area contributed by atoms with E-state index in [0.29, 0.717) is 12.0 Å². The number of thiazole rings is 1. The van der Waals surface area contributed by atoms with E-state index in [0.717, 1.165) is 12.5 Å². The number of nitrogens with zero attached hydrogens (tertiary/aromatic N) is 1. The van der Waals surface area contributed by atoms with Gasteiger partial charge in [-0.3, -0.25) is 0 Å². The topological polar surface area (TPSA) is 24.9 Å². The molecule has 0 aliphatic heterocycles. The number of rotatable bonds is 7. The molecule has 0 bridgehead atoms. The molecular weight excluding hydrogens is 240 g/mol. The van der Waals surface area contributed by atoms with Crippen LogP contribution < -0.4 is 5.32 Å². The molecule has 2 nitrogen and oxygen atoms in total. The normalized spacial score (nSPS) is 18.9. The van der Waals surface area contributed by atoms with Gasteiger partial charge >= 0.3 is 0 Å². The summed E-state index contributed by atoms with van der Waals surface area (Å²) in [6.07, 6.45) is 6.29. The summed E-state index contributed by atoms with van der Waals surface area (Å²) in [6.45, 7) is 9.05. The maximum absolute atomic E-state index is 4.87. The smallest absolute Gasteiger partial charge is 0.110 e.